The van der Waals surface area contributed by atoms with Crippen molar-refractivity contribution in [2.24, 2.45) is 0 Å². The molecular formula is C19H23NO4S. The zero-order valence-electron chi connectivity index (χ0n) is 14.9. The van der Waals surface area contributed by atoms with E-state index in [4.69, 9.17) is 4.74 Å². The first-order chi connectivity index (χ1) is 11.8. The van der Waals surface area contributed by atoms with Crippen LogP contribution in [0.5, 0.6) is 5.75 Å². The van der Waals surface area contributed by atoms with Crippen molar-refractivity contribution in [2.75, 3.05) is 13.4 Å². The summed E-state index contributed by atoms with van der Waals surface area (Å²) < 4.78 is 28.3. The van der Waals surface area contributed by atoms with E-state index < -0.39 is 9.84 Å². The maximum atomic E-state index is 12.5. The Hall–Kier alpha value is -2.34. The lowest BCUT2D eigenvalue weighted by molar-refractivity contribution is 0.0935. The van der Waals surface area contributed by atoms with Crippen molar-refractivity contribution in [3.8, 4) is 5.75 Å². The zero-order chi connectivity index (χ0) is 18.6. The van der Waals surface area contributed by atoms with Crippen molar-refractivity contribution in [1.29, 1.82) is 0 Å². The molecule has 2 aromatic carbocycles. The van der Waals surface area contributed by atoms with Gasteiger partial charge in [0.1, 0.15) is 5.75 Å². The Labute approximate surface area is 148 Å². The van der Waals surface area contributed by atoms with Gasteiger partial charge in [-0.1, -0.05) is 19.1 Å². The number of carbonyl (C=O) groups excluding carboxylic acids is 1. The highest BCUT2D eigenvalue weighted by Crippen LogP contribution is 2.22. The molecule has 5 nitrogen and oxygen atoms in total. The quantitative estimate of drug-likeness (QED) is 0.857. The van der Waals surface area contributed by atoms with E-state index in [1.54, 1.807) is 49.6 Å². The molecule has 6 heteroatoms. The summed E-state index contributed by atoms with van der Waals surface area (Å²) in [6.07, 6.45) is 1.87. The van der Waals surface area contributed by atoms with Crippen LogP contribution in [0.2, 0.25) is 0 Å². The molecule has 0 bridgehead atoms. The van der Waals surface area contributed by atoms with Crippen LogP contribution in [0.15, 0.2) is 47.4 Å². The standard InChI is InChI=1S/C19H23NO4S/c1-5-17(14-6-9-16(10-7-14)25(4,22)23)20-19(21)15-8-11-18(24-3)13(2)12-15/h6-12,17H,5H2,1-4H3,(H,20,21)/t17-/m1/s1. The predicted molar refractivity (Wildman–Crippen MR) is 97.8 cm³/mol. The first-order valence-electron chi connectivity index (χ1n) is 8.01. The Kier molecular flexibility index (Phi) is 5.85. The molecule has 0 saturated carbocycles. The van der Waals surface area contributed by atoms with Crippen molar-refractivity contribution >= 4 is 15.7 Å². The second kappa shape index (κ2) is 7.70. The van der Waals surface area contributed by atoms with Gasteiger partial charge in [-0.2, -0.15) is 0 Å². The molecule has 0 spiro atoms. The molecule has 134 valence electrons. The number of hydrogen-bond acceptors (Lipinski definition) is 4. The molecule has 0 unspecified atom stereocenters. The molecule has 0 saturated heterocycles. The molecule has 2 aromatic rings. The van der Waals surface area contributed by atoms with Crippen molar-refractivity contribution < 1.29 is 17.9 Å². The van der Waals surface area contributed by atoms with Gasteiger partial charge in [0.2, 0.25) is 0 Å². The largest absolute Gasteiger partial charge is 0.496 e. The Morgan fingerprint density at radius 3 is 2.28 bits per heavy atom. The average Bonchev–Trinajstić information content (AvgIpc) is 2.58. The van der Waals surface area contributed by atoms with Gasteiger partial charge in [0.15, 0.2) is 9.84 Å². The number of amides is 1. The first-order valence-corrected chi connectivity index (χ1v) is 9.91. The van der Waals surface area contributed by atoms with E-state index in [0.717, 1.165) is 16.9 Å². The number of rotatable bonds is 6. The monoisotopic (exact) mass is 361 g/mol. The lowest BCUT2D eigenvalue weighted by Gasteiger charge is -2.18. The number of carbonyl (C=O) groups is 1. The second-order valence-electron chi connectivity index (χ2n) is 5.96. The van der Waals surface area contributed by atoms with Gasteiger partial charge in [-0.05, 0) is 54.8 Å². The van der Waals surface area contributed by atoms with E-state index in [0.29, 0.717) is 12.0 Å². The minimum atomic E-state index is -3.23. The van der Waals surface area contributed by atoms with E-state index in [2.05, 4.69) is 5.32 Å². The number of sulfone groups is 1. The molecule has 1 atom stereocenters. The molecule has 0 aromatic heterocycles. The number of hydrogen-bond donors (Lipinski definition) is 1. The molecule has 0 aliphatic heterocycles. The van der Waals surface area contributed by atoms with E-state index in [-0.39, 0.29) is 16.8 Å². The van der Waals surface area contributed by atoms with Crippen LogP contribution < -0.4 is 10.1 Å². The minimum absolute atomic E-state index is 0.176. The van der Waals surface area contributed by atoms with E-state index in [1.165, 1.54) is 6.26 Å². The number of nitrogens with one attached hydrogen (secondary N) is 1. The summed E-state index contributed by atoms with van der Waals surface area (Å²) in [4.78, 5) is 12.8. The molecule has 1 N–H and O–H groups in total. The third kappa shape index (κ3) is 4.60. The number of benzene rings is 2. The van der Waals surface area contributed by atoms with Crippen molar-refractivity contribution in [3.63, 3.8) is 0 Å². The molecule has 0 aliphatic rings. The van der Waals surface area contributed by atoms with Crippen LogP contribution in [-0.2, 0) is 9.84 Å². The number of aryl methyl sites for hydroxylation is 1. The normalized spacial score (nSPS) is 12.5. The van der Waals surface area contributed by atoms with Crippen molar-refractivity contribution in [1.82, 2.24) is 5.32 Å². The maximum Gasteiger partial charge on any atom is 0.251 e. The van der Waals surface area contributed by atoms with Crippen LogP contribution in [0, 0.1) is 6.92 Å². The third-order valence-corrected chi connectivity index (χ3v) is 5.21. The fourth-order valence-electron chi connectivity index (χ4n) is 2.63. The van der Waals surface area contributed by atoms with Crippen molar-refractivity contribution in [2.45, 2.75) is 31.2 Å². The second-order valence-corrected chi connectivity index (χ2v) is 7.98. The Morgan fingerprint density at radius 2 is 1.80 bits per heavy atom. The highest BCUT2D eigenvalue weighted by atomic mass is 32.2. The van der Waals surface area contributed by atoms with Crippen molar-refractivity contribution in [3.05, 3.63) is 59.2 Å². The van der Waals surface area contributed by atoms with Gasteiger partial charge in [0.05, 0.1) is 18.0 Å². The molecule has 0 radical (unpaired) electrons. The summed E-state index contributed by atoms with van der Waals surface area (Å²) in [6.45, 7) is 3.85. The summed E-state index contributed by atoms with van der Waals surface area (Å²) in [7, 11) is -1.64. The Bertz CT molecular complexity index is 857. The highest BCUT2D eigenvalue weighted by Gasteiger charge is 2.16. The SMILES string of the molecule is CC[C@@H](NC(=O)c1ccc(OC)c(C)c1)c1ccc(S(C)(=O)=O)cc1. The van der Waals surface area contributed by atoms with Gasteiger partial charge in [0.25, 0.3) is 5.91 Å². The summed E-state index contributed by atoms with van der Waals surface area (Å²) in [5.41, 5.74) is 2.32. The van der Waals surface area contributed by atoms with Crippen LogP contribution in [0.25, 0.3) is 0 Å². The minimum Gasteiger partial charge on any atom is -0.496 e. The molecule has 1 amide bonds. The fourth-order valence-corrected chi connectivity index (χ4v) is 3.26. The summed E-state index contributed by atoms with van der Waals surface area (Å²) in [5, 5.41) is 2.99. The summed E-state index contributed by atoms with van der Waals surface area (Å²) in [5.74, 6) is 0.560. The third-order valence-electron chi connectivity index (χ3n) is 4.08. The van der Waals surface area contributed by atoms with Crippen LogP contribution in [0.3, 0.4) is 0 Å². The number of methoxy groups -OCH3 is 1. The van der Waals surface area contributed by atoms with Gasteiger partial charge in [0, 0.05) is 11.8 Å². The highest BCUT2D eigenvalue weighted by molar-refractivity contribution is 7.90. The topological polar surface area (TPSA) is 72.5 Å². The van der Waals surface area contributed by atoms with E-state index in [1.807, 2.05) is 13.8 Å². The van der Waals surface area contributed by atoms with Gasteiger partial charge in [-0.15, -0.1) is 0 Å². The van der Waals surface area contributed by atoms with E-state index in [9.17, 15) is 13.2 Å². The maximum absolute atomic E-state index is 12.5. The van der Waals surface area contributed by atoms with Gasteiger partial charge in [-0.3, -0.25) is 4.79 Å². The lowest BCUT2D eigenvalue weighted by Crippen LogP contribution is -2.28. The molecule has 0 fully saturated rings. The van der Waals surface area contributed by atoms with Crippen LogP contribution >= 0.6 is 0 Å². The van der Waals surface area contributed by atoms with Gasteiger partial charge >= 0.3 is 0 Å². The van der Waals surface area contributed by atoms with E-state index >= 15 is 0 Å². The van der Waals surface area contributed by atoms with Gasteiger partial charge < -0.3 is 10.1 Å². The van der Waals surface area contributed by atoms with Gasteiger partial charge in [-0.25, -0.2) is 8.42 Å². The Balaban J connectivity index is 2.18. The van der Waals surface area contributed by atoms with Crippen LogP contribution in [-0.4, -0.2) is 27.7 Å². The van der Waals surface area contributed by atoms with Crippen LogP contribution in [0.1, 0.15) is 40.9 Å². The van der Waals surface area contributed by atoms with Crippen LogP contribution in [0.4, 0.5) is 0 Å². The lowest BCUT2D eigenvalue weighted by atomic mass is 10.0. The predicted octanol–water partition coefficient (Wildman–Crippen LogP) is 3.29. The average molecular weight is 361 g/mol. The fraction of sp³-hybridized carbons (Fsp3) is 0.316. The zero-order valence-corrected chi connectivity index (χ0v) is 15.7. The molecule has 0 heterocycles. The Morgan fingerprint density at radius 1 is 1.16 bits per heavy atom. The summed E-state index contributed by atoms with van der Waals surface area (Å²) >= 11 is 0. The molecule has 2 rings (SSSR count). The molecular weight excluding hydrogens is 338 g/mol. The summed E-state index contributed by atoms with van der Waals surface area (Å²) in [6, 6.07) is 11.7. The number of ether oxygens (including phenoxy) is 1. The smallest absolute Gasteiger partial charge is 0.251 e. The molecule has 25 heavy (non-hydrogen) atoms. The molecule has 0 aliphatic carbocycles. The first kappa shape index (κ1) is 19.0.